The summed E-state index contributed by atoms with van der Waals surface area (Å²) in [5, 5.41) is 4.59. The van der Waals surface area contributed by atoms with Crippen molar-refractivity contribution < 1.29 is 4.74 Å². The first-order chi connectivity index (χ1) is 11.6. The first-order valence-electron chi connectivity index (χ1n) is 9.22. The Morgan fingerprint density at radius 1 is 1.29 bits per heavy atom. The van der Waals surface area contributed by atoms with Crippen molar-refractivity contribution in [2.24, 2.45) is 5.41 Å². The van der Waals surface area contributed by atoms with Crippen LogP contribution in [0.3, 0.4) is 0 Å². The summed E-state index contributed by atoms with van der Waals surface area (Å²) in [7, 11) is 1.80. The van der Waals surface area contributed by atoms with E-state index in [2.05, 4.69) is 34.6 Å². The Morgan fingerprint density at radius 2 is 2.12 bits per heavy atom. The molecular formula is C19H32N4O. The Labute approximate surface area is 146 Å². The molecule has 3 heterocycles. The Balaban J connectivity index is 1.57. The van der Waals surface area contributed by atoms with Crippen molar-refractivity contribution in [3.63, 3.8) is 0 Å². The van der Waals surface area contributed by atoms with Crippen LogP contribution in [-0.2, 0) is 17.8 Å². The molecule has 2 fully saturated rings. The standard InChI is InChI=1S/C19H32N4O/c1-4-8-23-14-18(17(2)20-23)13-22-10-7-19(16-22)6-5-9-21(15-19)11-12-24-3/h4,14H,1,5-13,15-16H2,2-3H3. The van der Waals surface area contributed by atoms with Crippen LogP contribution in [0.25, 0.3) is 0 Å². The monoisotopic (exact) mass is 332 g/mol. The number of ether oxygens (including phenoxy) is 1. The zero-order valence-electron chi connectivity index (χ0n) is 15.3. The smallest absolute Gasteiger partial charge is 0.0638 e. The number of hydrogen-bond donors (Lipinski definition) is 0. The van der Waals surface area contributed by atoms with Gasteiger partial charge in [0.2, 0.25) is 0 Å². The maximum Gasteiger partial charge on any atom is 0.0638 e. The Hall–Kier alpha value is -1.17. The lowest BCUT2D eigenvalue weighted by atomic mass is 9.79. The average Bonchev–Trinajstić information content (AvgIpc) is 3.10. The third-order valence-corrected chi connectivity index (χ3v) is 5.63. The number of nitrogens with zero attached hydrogens (tertiary/aromatic N) is 4. The first-order valence-corrected chi connectivity index (χ1v) is 9.22. The third kappa shape index (κ3) is 4.08. The molecule has 1 aromatic heterocycles. The molecule has 1 atom stereocenters. The molecule has 2 aliphatic heterocycles. The van der Waals surface area contributed by atoms with E-state index in [1.807, 2.05) is 10.8 Å². The van der Waals surface area contributed by atoms with E-state index in [0.29, 0.717) is 5.41 Å². The van der Waals surface area contributed by atoms with Gasteiger partial charge in [-0.2, -0.15) is 5.10 Å². The zero-order valence-corrected chi connectivity index (χ0v) is 15.3. The lowest BCUT2D eigenvalue weighted by Crippen LogP contribution is -2.45. The van der Waals surface area contributed by atoms with Gasteiger partial charge in [0.25, 0.3) is 0 Å². The molecule has 1 unspecified atom stereocenters. The number of hydrogen-bond acceptors (Lipinski definition) is 4. The van der Waals surface area contributed by atoms with E-state index in [1.165, 1.54) is 51.0 Å². The molecule has 1 spiro atoms. The summed E-state index contributed by atoms with van der Waals surface area (Å²) in [4.78, 5) is 5.23. The second-order valence-corrected chi connectivity index (χ2v) is 7.58. The van der Waals surface area contributed by atoms with Crippen molar-refractivity contribution in [3.8, 4) is 0 Å². The molecule has 5 nitrogen and oxygen atoms in total. The van der Waals surface area contributed by atoms with Gasteiger partial charge in [-0.1, -0.05) is 6.08 Å². The molecule has 1 aromatic rings. The van der Waals surface area contributed by atoms with Crippen LogP contribution in [-0.4, -0.2) is 66.0 Å². The van der Waals surface area contributed by atoms with Crippen LogP contribution in [0, 0.1) is 12.3 Å². The molecule has 2 aliphatic rings. The van der Waals surface area contributed by atoms with Crippen LogP contribution >= 0.6 is 0 Å². The van der Waals surface area contributed by atoms with Gasteiger partial charge in [0.05, 0.1) is 18.8 Å². The van der Waals surface area contributed by atoms with Crippen molar-refractivity contribution in [1.29, 1.82) is 0 Å². The molecule has 0 saturated carbocycles. The average molecular weight is 332 g/mol. The van der Waals surface area contributed by atoms with Gasteiger partial charge in [0, 0.05) is 45.0 Å². The molecule has 5 heteroatoms. The third-order valence-electron chi connectivity index (χ3n) is 5.63. The fourth-order valence-corrected chi connectivity index (χ4v) is 4.40. The summed E-state index contributed by atoms with van der Waals surface area (Å²) < 4.78 is 7.26. The summed E-state index contributed by atoms with van der Waals surface area (Å²) in [6.07, 6.45) is 8.12. The van der Waals surface area contributed by atoms with E-state index >= 15 is 0 Å². The summed E-state index contributed by atoms with van der Waals surface area (Å²) in [6, 6.07) is 0. The van der Waals surface area contributed by atoms with E-state index in [9.17, 15) is 0 Å². The highest BCUT2D eigenvalue weighted by Gasteiger charge is 2.41. The number of piperidine rings is 1. The quantitative estimate of drug-likeness (QED) is 0.718. The Bertz CT molecular complexity index is 556. The minimum absolute atomic E-state index is 0.497. The van der Waals surface area contributed by atoms with Gasteiger partial charge < -0.3 is 9.64 Å². The van der Waals surface area contributed by atoms with Gasteiger partial charge >= 0.3 is 0 Å². The maximum absolute atomic E-state index is 5.26. The van der Waals surface area contributed by atoms with Crippen molar-refractivity contribution in [2.75, 3.05) is 46.4 Å². The first kappa shape index (κ1) is 17.6. The second-order valence-electron chi connectivity index (χ2n) is 7.58. The number of methoxy groups -OCH3 is 1. The van der Waals surface area contributed by atoms with Crippen LogP contribution < -0.4 is 0 Å². The Kier molecular flexibility index (Phi) is 5.74. The van der Waals surface area contributed by atoms with Gasteiger partial charge in [-0.15, -0.1) is 6.58 Å². The molecule has 0 aromatic carbocycles. The fourth-order valence-electron chi connectivity index (χ4n) is 4.40. The summed E-state index contributed by atoms with van der Waals surface area (Å²) in [5.74, 6) is 0. The fraction of sp³-hybridized carbons (Fsp3) is 0.737. The summed E-state index contributed by atoms with van der Waals surface area (Å²) in [6.45, 7) is 14.6. The van der Waals surface area contributed by atoms with E-state index < -0.39 is 0 Å². The highest BCUT2D eigenvalue weighted by molar-refractivity contribution is 5.16. The van der Waals surface area contributed by atoms with Crippen molar-refractivity contribution in [1.82, 2.24) is 19.6 Å². The minimum atomic E-state index is 0.497. The second kappa shape index (κ2) is 7.81. The highest BCUT2D eigenvalue weighted by Crippen LogP contribution is 2.39. The van der Waals surface area contributed by atoms with Crippen molar-refractivity contribution in [3.05, 3.63) is 30.1 Å². The van der Waals surface area contributed by atoms with E-state index in [4.69, 9.17) is 4.74 Å². The van der Waals surface area contributed by atoms with Gasteiger partial charge in [0.15, 0.2) is 0 Å². The predicted molar refractivity (Wildman–Crippen MR) is 97.0 cm³/mol. The molecule has 0 radical (unpaired) electrons. The lowest BCUT2D eigenvalue weighted by molar-refractivity contribution is 0.0673. The maximum atomic E-state index is 5.26. The minimum Gasteiger partial charge on any atom is -0.383 e. The summed E-state index contributed by atoms with van der Waals surface area (Å²) >= 11 is 0. The van der Waals surface area contributed by atoms with E-state index in [0.717, 1.165) is 31.9 Å². The number of rotatable bonds is 7. The largest absolute Gasteiger partial charge is 0.383 e. The number of aromatic nitrogens is 2. The van der Waals surface area contributed by atoms with Gasteiger partial charge in [-0.3, -0.25) is 9.58 Å². The van der Waals surface area contributed by atoms with Crippen LogP contribution in [0.5, 0.6) is 0 Å². The Morgan fingerprint density at radius 3 is 2.92 bits per heavy atom. The van der Waals surface area contributed by atoms with Crippen molar-refractivity contribution >= 4 is 0 Å². The van der Waals surface area contributed by atoms with Crippen LogP contribution in [0.4, 0.5) is 0 Å². The molecule has 0 bridgehead atoms. The summed E-state index contributed by atoms with van der Waals surface area (Å²) in [5.41, 5.74) is 3.01. The molecular weight excluding hydrogens is 300 g/mol. The van der Waals surface area contributed by atoms with Crippen LogP contribution in [0.15, 0.2) is 18.9 Å². The molecule has 3 rings (SSSR count). The van der Waals surface area contributed by atoms with E-state index in [-0.39, 0.29) is 0 Å². The SMILES string of the molecule is C=CCn1cc(CN2CCC3(CCCN(CCOC)C3)C2)c(C)n1. The topological polar surface area (TPSA) is 33.5 Å². The molecule has 0 N–H and O–H groups in total. The molecule has 0 aliphatic carbocycles. The van der Waals surface area contributed by atoms with E-state index in [1.54, 1.807) is 7.11 Å². The number of likely N-dealkylation sites (tertiary alicyclic amines) is 2. The van der Waals surface area contributed by atoms with Crippen LogP contribution in [0.2, 0.25) is 0 Å². The van der Waals surface area contributed by atoms with Gasteiger partial charge in [-0.25, -0.2) is 0 Å². The molecule has 2 saturated heterocycles. The molecule has 0 amide bonds. The lowest BCUT2D eigenvalue weighted by Gasteiger charge is -2.40. The predicted octanol–water partition coefficient (Wildman–Crippen LogP) is 2.31. The van der Waals surface area contributed by atoms with Gasteiger partial charge in [0.1, 0.15) is 0 Å². The molecule has 24 heavy (non-hydrogen) atoms. The van der Waals surface area contributed by atoms with Crippen LogP contribution in [0.1, 0.15) is 30.5 Å². The number of allylic oxidation sites excluding steroid dienone is 1. The normalized spacial score (nSPS) is 25.6. The van der Waals surface area contributed by atoms with Crippen molar-refractivity contribution in [2.45, 2.75) is 39.3 Å². The van der Waals surface area contributed by atoms with Gasteiger partial charge in [-0.05, 0) is 44.7 Å². The molecule has 134 valence electrons. The zero-order chi connectivity index (χ0) is 17.0. The number of aryl methyl sites for hydroxylation is 1. The highest BCUT2D eigenvalue weighted by atomic mass is 16.5.